The normalized spacial score (nSPS) is 31.7. The summed E-state index contributed by atoms with van der Waals surface area (Å²) in [4.78, 5) is 14.0. The minimum absolute atomic E-state index is 0.0249. The predicted octanol–water partition coefficient (Wildman–Crippen LogP) is 2.65. The number of Topliss-reactive ketones (excluding diaryl/α,β-unsaturated/α-hetero) is 1. The number of aromatic nitrogens is 2. The van der Waals surface area contributed by atoms with Gasteiger partial charge in [0.25, 0.3) is 0 Å². The third-order valence-corrected chi connectivity index (χ3v) is 5.99. The van der Waals surface area contributed by atoms with Crippen LogP contribution in [-0.2, 0) is 9.53 Å². The van der Waals surface area contributed by atoms with Crippen LogP contribution < -0.4 is 0 Å². The number of ketones is 1. The van der Waals surface area contributed by atoms with Crippen molar-refractivity contribution >= 4 is 5.78 Å². The molecule has 1 aliphatic carbocycles. The molecule has 2 atom stereocenters. The topological polar surface area (TPSA) is 58.2 Å². The molecule has 0 aromatic carbocycles. The summed E-state index contributed by atoms with van der Waals surface area (Å²) in [5, 5.41) is 7.22. The molecule has 5 nitrogen and oxygen atoms in total. The van der Waals surface area contributed by atoms with Gasteiger partial charge in [-0.2, -0.15) is 5.10 Å². The van der Waals surface area contributed by atoms with Gasteiger partial charge in [-0.25, -0.2) is 0 Å². The molecule has 1 aromatic rings. The number of ether oxygens (including phenoxy) is 1. The Balaban J connectivity index is 1.31. The third kappa shape index (κ3) is 3.36. The first-order chi connectivity index (χ1) is 11.2. The van der Waals surface area contributed by atoms with Crippen LogP contribution in [0.5, 0.6) is 0 Å². The number of rotatable bonds is 3. The van der Waals surface area contributed by atoms with Gasteiger partial charge < -0.3 is 9.64 Å². The minimum atomic E-state index is 0.0249. The molecule has 4 rings (SSSR count). The summed E-state index contributed by atoms with van der Waals surface area (Å²) < 4.78 is 6.45. The monoisotopic (exact) mass is 317 g/mol. The first-order valence-corrected chi connectivity index (χ1v) is 9.14. The predicted molar refractivity (Wildman–Crippen MR) is 87.3 cm³/mol. The summed E-state index contributed by atoms with van der Waals surface area (Å²) in [5.41, 5.74) is 1.29. The largest absolute Gasteiger partial charge is 0.370 e. The average Bonchev–Trinajstić information content (AvgIpc) is 3.22. The lowest BCUT2D eigenvalue weighted by molar-refractivity contribution is -0.129. The maximum absolute atomic E-state index is 11.5. The Morgan fingerprint density at radius 1 is 1.30 bits per heavy atom. The molecule has 1 saturated carbocycles. The number of piperidine rings is 1. The number of nitrogens with zero attached hydrogens (tertiary/aromatic N) is 2. The number of nitrogens with one attached hydrogen (secondary N) is 1. The van der Waals surface area contributed by atoms with Gasteiger partial charge >= 0.3 is 0 Å². The zero-order valence-corrected chi connectivity index (χ0v) is 13.8. The van der Waals surface area contributed by atoms with Gasteiger partial charge in [0.2, 0.25) is 0 Å². The molecule has 2 aliphatic heterocycles. The number of carbonyl (C=O) groups excluding carboxylic acids is 1. The van der Waals surface area contributed by atoms with Crippen molar-refractivity contribution in [1.82, 2.24) is 15.1 Å². The number of hydrogen-bond donors (Lipinski definition) is 1. The van der Waals surface area contributed by atoms with Crippen LogP contribution in [0.4, 0.5) is 0 Å². The SMILES string of the molecule is O=C1CCC2(CC1)CCC(CN1CCCC(c3ccn[nH]3)C1)O2. The van der Waals surface area contributed by atoms with E-state index in [-0.39, 0.29) is 5.60 Å². The Morgan fingerprint density at radius 3 is 2.96 bits per heavy atom. The van der Waals surface area contributed by atoms with E-state index in [0.29, 0.717) is 17.8 Å². The summed E-state index contributed by atoms with van der Waals surface area (Å²) >= 11 is 0. The molecule has 0 radical (unpaired) electrons. The van der Waals surface area contributed by atoms with Gasteiger partial charge in [0.05, 0.1) is 11.7 Å². The van der Waals surface area contributed by atoms with Crippen LogP contribution in [0.25, 0.3) is 0 Å². The second kappa shape index (κ2) is 6.36. The lowest BCUT2D eigenvalue weighted by Gasteiger charge is -2.36. The Bertz CT molecular complexity index is 532. The van der Waals surface area contributed by atoms with Crippen LogP contribution >= 0.6 is 0 Å². The molecule has 2 unspecified atom stereocenters. The van der Waals surface area contributed by atoms with Crippen LogP contribution in [0.15, 0.2) is 12.3 Å². The fourth-order valence-corrected chi connectivity index (χ4v) is 4.63. The van der Waals surface area contributed by atoms with Crippen molar-refractivity contribution in [2.24, 2.45) is 0 Å². The van der Waals surface area contributed by atoms with Gasteiger partial charge in [-0.05, 0) is 51.1 Å². The smallest absolute Gasteiger partial charge is 0.133 e. The molecular formula is C18H27N3O2. The summed E-state index contributed by atoms with van der Waals surface area (Å²) in [6, 6.07) is 2.11. The molecule has 5 heteroatoms. The Morgan fingerprint density at radius 2 is 2.17 bits per heavy atom. The zero-order valence-electron chi connectivity index (χ0n) is 13.8. The molecule has 3 aliphatic rings. The van der Waals surface area contributed by atoms with Crippen molar-refractivity contribution in [3.63, 3.8) is 0 Å². The van der Waals surface area contributed by atoms with E-state index in [1.165, 1.54) is 25.1 Å². The fraction of sp³-hybridized carbons (Fsp3) is 0.778. The molecule has 0 amide bonds. The summed E-state index contributed by atoms with van der Waals surface area (Å²) in [5.74, 6) is 0.995. The minimum Gasteiger partial charge on any atom is -0.370 e. The van der Waals surface area contributed by atoms with E-state index in [0.717, 1.165) is 51.6 Å². The number of aromatic amines is 1. The molecule has 1 N–H and O–H groups in total. The van der Waals surface area contributed by atoms with Crippen LogP contribution in [0.2, 0.25) is 0 Å². The van der Waals surface area contributed by atoms with E-state index in [4.69, 9.17) is 4.74 Å². The van der Waals surface area contributed by atoms with E-state index in [1.54, 1.807) is 0 Å². The van der Waals surface area contributed by atoms with Gasteiger partial charge in [-0.15, -0.1) is 0 Å². The molecule has 3 heterocycles. The number of H-pyrrole nitrogens is 1. The van der Waals surface area contributed by atoms with E-state index < -0.39 is 0 Å². The molecule has 2 saturated heterocycles. The van der Waals surface area contributed by atoms with E-state index in [2.05, 4.69) is 21.2 Å². The highest BCUT2D eigenvalue weighted by Gasteiger charge is 2.43. The lowest BCUT2D eigenvalue weighted by atomic mass is 9.82. The van der Waals surface area contributed by atoms with Gasteiger partial charge in [0.15, 0.2) is 0 Å². The number of carbonyl (C=O) groups is 1. The van der Waals surface area contributed by atoms with Crippen LogP contribution in [0, 0.1) is 0 Å². The molecule has 1 spiro atoms. The average molecular weight is 317 g/mol. The highest BCUT2D eigenvalue weighted by atomic mass is 16.5. The summed E-state index contributed by atoms with van der Waals surface area (Å²) in [6.07, 6.45) is 10.3. The second-order valence-electron chi connectivity index (χ2n) is 7.61. The Hall–Kier alpha value is -1.20. The Kier molecular flexibility index (Phi) is 4.24. The highest BCUT2D eigenvalue weighted by Crippen LogP contribution is 2.41. The van der Waals surface area contributed by atoms with E-state index >= 15 is 0 Å². The molecule has 23 heavy (non-hydrogen) atoms. The zero-order chi connectivity index (χ0) is 15.7. The fourth-order valence-electron chi connectivity index (χ4n) is 4.63. The van der Waals surface area contributed by atoms with E-state index in [1.807, 2.05) is 6.20 Å². The molecule has 1 aromatic heterocycles. The van der Waals surface area contributed by atoms with E-state index in [9.17, 15) is 4.79 Å². The second-order valence-corrected chi connectivity index (χ2v) is 7.61. The van der Waals surface area contributed by atoms with Gasteiger partial charge in [0, 0.05) is 43.7 Å². The number of hydrogen-bond acceptors (Lipinski definition) is 4. The van der Waals surface area contributed by atoms with Crippen molar-refractivity contribution in [3.05, 3.63) is 18.0 Å². The van der Waals surface area contributed by atoms with Crippen molar-refractivity contribution in [2.75, 3.05) is 19.6 Å². The molecule has 3 fully saturated rings. The maximum Gasteiger partial charge on any atom is 0.133 e. The molecule has 126 valence electrons. The third-order valence-electron chi connectivity index (χ3n) is 5.99. The van der Waals surface area contributed by atoms with Crippen molar-refractivity contribution in [3.8, 4) is 0 Å². The van der Waals surface area contributed by atoms with Crippen molar-refractivity contribution in [2.45, 2.75) is 69.0 Å². The van der Waals surface area contributed by atoms with Crippen LogP contribution in [0.1, 0.15) is 63.0 Å². The van der Waals surface area contributed by atoms with Crippen LogP contribution in [0.3, 0.4) is 0 Å². The first kappa shape index (κ1) is 15.3. The first-order valence-electron chi connectivity index (χ1n) is 9.14. The number of likely N-dealkylation sites (tertiary alicyclic amines) is 1. The van der Waals surface area contributed by atoms with Gasteiger partial charge in [0.1, 0.15) is 5.78 Å². The van der Waals surface area contributed by atoms with Crippen molar-refractivity contribution in [1.29, 1.82) is 0 Å². The van der Waals surface area contributed by atoms with Crippen molar-refractivity contribution < 1.29 is 9.53 Å². The highest BCUT2D eigenvalue weighted by molar-refractivity contribution is 5.79. The lowest BCUT2D eigenvalue weighted by Crippen LogP contribution is -2.41. The van der Waals surface area contributed by atoms with Crippen LogP contribution in [-0.4, -0.2) is 52.2 Å². The van der Waals surface area contributed by atoms with Gasteiger partial charge in [-0.1, -0.05) is 0 Å². The quantitative estimate of drug-likeness (QED) is 0.931. The maximum atomic E-state index is 11.5. The Labute approximate surface area is 137 Å². The molecule has 0 bridgehead atoms. The standard InChI is InChI=1S/C18H27N3O2/c22-15-3-7-18(8-4-15)9-5-16(23-18)13-21-11-1-2-14(12-21)17-6-10-19-20-17/h6,10,14,16H,1-5,7-9,11-13H2,(H,19,20). The summed E-state index contributed by atoms with van der Waals surface area (Å²) in [7, 11) is 0. The van der Waals surface area contributed by atoms with Gasteiger partial charge in [-0.3, -0.25) is 9.89 Å². The summed E-state index contributed by atoms with van der Waals surface area (Å²) in [6.45, 7) is 3.32. The molecular weight excluding hydrogens is 290 g/mol.